The van der Waals surface area contributed by atoms with Crippen LogP contribution in [0.2, 0.25) is 0 Å². The Bertz CT molecular complexity index is 477. The second kappa shape index (κ2) is 9.11. The second-order valence-corrected chi connectivity index (χ2v) is 6.76. The van der Waals surface area contributed by atoms with Crippen molar-refractivity contribution >= 4 is 28.8 Å². The summed E-state index contributed by atoms with van der Waals surface area (Å²) in [5.74, 6) is -3.55. The van der Waals surface area contributed by atoms with E-state index in [1.165, 1.54) is 6.92 Å². The van der Waals surface area contributed by atoms with E-state index in [2.05, 4.69) is 5.32 Å². The van der Waals surface area contributed by atoms with Gasteiger partial charge in [0, 0.05) is 44.1 Å². The summed E-state index contributed by atoms with van der Waals surface area (Å²) in [6, 6.07) is -1.51. The number of carbonyl (C=O) groups excluding carboxylic acids is 2. The third kappa shape index (κ3) is 4.67. The summed E-state index contributed by atoms with van der Waals surface area (Å²) >= 11 is 0.521. The minimum atomic E-state index is -1.88. The van der Waals surface area contributed by atoms with Crippen LogP contribution in [0.3, 0.4) is 0 Å². The van der Waals surface area contributed by atoms with Crippen LogP contribution in [-0.4, -0.2) is 61.9 Å². The number of thioether (sulfide) groups is 1. The van der Waals surface area contributed by atoms with Crippen LogP contribution < -0.4 is 5.32 Å². The van der Waals surface area contributed by atoms with Crippen LogP contribution >= 0.6 is 11.8 Å². The number of carboxylic acids is 1. The van der Waals surface area contributed by atoms with Gasteiger partial charge in [0.05, 0.1) is 18.1 Å². The second-order valence-electron chi connectivity index (χ2n) is 5.77. The average molecular weight is 560 g/mol. The molecule has 1 rings (SSSR count). The van der Waals surface area contributed by atoms with E-state index in [0.717, 1.165) is 0 Å². The third-order valence-electron chi connectivity index (χ3n) is 3.80. The predicted octanol–water partition coefficient (Wildman–Crippen LogP) is -0.366. The quantitative estimate of drug-likeness (QED) is 0.347. The number of carbonyl (C=O) groups is 3. The first-order valence-electron chi connectivity index (χ1n) is 6.85. The zero-order valence-electron chi connectivity index (χ0n) is 13.1. The number of carboxylic acid groups (broad SMARTS) is 1. The molecule has 8 nitrogen and oxygen atoms in total. The Kier molecular flexibility index (Phi) is 9.22. The first-order chi connectivity index (χ1) is 10.1. The largest absolute Gasteiger partial charge is 0.665 e. The predicted molar refractivity (Wildman–Crippen MR) is 80.1 cm³/mol. The summed E-state index contributed by atoms with van der Waals surface area (Å²) in [7, 11) is 0. The Morgan fingerprint density at radius 2 is 1.96 bits per heavy atom. The first kappa shape index (κ1) is 23.3. The molecule has 0 aromatic rings. The fourth-order valence-electron chi connectivity index (χ4n) is 2.35. The van der Waals surface area contributed by atoms with Gasteiger partial charge in [-0.05, 0) is 17.7 Å². The summed E-state index contributed by atoms with van der Waals surface area (Å²) in [5, 5.41) is 31.0. The Morgan fingerprint density at radius 3 is 2.30 bits per heavy atom. The van der Waals surface area contributed by atoms with Crippen molar-refractivity contribution in [2.45, 2.75) is 44.6 Å². The molecule has 5 N–H and O–H groups in total. The van der Waals surface area contributed by atoms with Crippen LogP contribution in [0.5, 0.6) is 0 Å². The maximum atomic E-state index is 12.5. The van der Waals surface area contributed by atoms with Gasteiger partial charge in [0.25, 0.3) is 5.97 Å². The molecule has 1 fully saturated rings. The molecular weight excluding hydrogens is 539 g/mol. The molecule has 10 heteroatoms. The number of nitrogens with one attached hydrogen (secondary N) is 2. The van der Waals surface area contributed by atoms with Crippen molar-refractivity contribution in [3.05, 3.63) is 5.73 Å². The normalized spacial score (nSPS) is 29.6. The molecule has 1 aliphatic heterocycles. The molecule has 23 heavy (non-hydrogen) atoms. The summed E-state index contributed by atoms with van der Waals surface area (Å²) in [5.41, 5.74) is 5.41. The molecule has 4 unspecified atom stereocenters. The zero-order valence-corrected chi connectivity index (χ0v) is 18.7. The molecule has 0 aromatic heterocycles. The SMILES string of the molecule is CC(C)C(O)[C@@]1(C(=O)SCC([NH-])C(=O)O)NC(=O)C(C)C1O.[Ac]. The summed E-state index contributed by atoms with van der Waals surface area (Å²) in [4.78, 5) is 34.9. The number of aliphatic hydroxyl groups excluding tert-OH is 2. The van der Waals surface area contributed by atoms with Gasteiger partial charge in [-0.3, -0.25) is 14.4 Å². The van der Waals surface area contributed by atoms with E-state index >= 15 is 0 Å². The molecular formula is C13H21AcN2O6S-. The van der Waals surface area contributed by atoms with Crippen LogP contribution in [0.15, 0.2) is 0 Å². The summed E-state index contributed by atoms with van der Waals surface area (Å²) in [6.07, 6.45) is -2.75. The molecule has 1 heterocycles. The Balaban J connectivity index is 0.00000484. The number of rotatable bonds is 6. The molecule has 0 saturated carbocycles. The first-order valence-corrected chi connectivity index (χ1v) is 7.83. The van der Waals surface area contributed by atoms with E-state index in [-0.39, 0.29) is 49.8 Å². The molecule has 1 radical (unpaired) electrons. The number of amides is 1. The maximum absolute atomic E-state index is 12.5. The van der Waals surface area contributed by atoms with Gasteiger partial charge in [0.1, 0.15) is 0 Å². The van der Waals surface area contributed by atoms with Gasteiger partial charge in [-0.1, -0.05) is 32.5 Å². The fourth-order valence-corrected chi connectivity index (χ4v) is 3.34. The van der Waals surface area contributed by atoms with Gasteiger partial charge in [0.15, 0.2) is 5.54 Å². The van der Waals surface area contributed by atoms with E-state index in [9.17, 15) is 24.6 Å². The van der Waals surface area contributed by atoms with E-state index in [0.29, 0.717) is 11.8 Å². The van der Waals surface area contributed by atoms with Crippen molar-refractivity contribution in [3.63, 3.8) is 0 Å². The standard InChI is InChI=1S/C13H21N2O6S.Ac/c1-5(2)8(16)13(9(17)6(3)10(18)15-13)12(21)22-4-7(14)11(19)20;/h5-9,14,16-17H,4H2,1-3H3,(H,15,18)(H,19,20);/q-1;/t6?,7?,8?,9?,13-;/m1./s1. The number of hydrogen-bond acceptors (Lipinski definition) is 6. The number of hydrogen-bond donors (Lipinski definition) is 4. The van der Waals surface area contributed by atoms with E-state index in [1.807, 2.05) is 0 Å². The van der Waals surface area contributed by atoms with Crippen LogP contribution in [0.1, 0.15) is 20.8 Å². The van der Waals surface area contributed by atoms with Crippen LogP contribution in [0, 0.1) is 55.9 Å². The van der Waals surface area contributed by atoms with Gasteiger partial charge in [-0.15, -0.1) is 0 Å². The molecule has 0 bridgehead atoms. The van der Waals surface area contributed by atoms with Crippen LogP contribution in [0.25, 0.3) is 5.73 Å². The van der Waals surface area contributed by atoms with Gasteiger partial charge < -0.3 is 26.4 Å². The van der Waals surface area contributed by atoms with E-state index in [4.69, 9.17) is 10.8 Å². The molecule has 0 aromatic carbocycles. The molecule has 1 saturated heterocycles. The molecule has 0 aliphatic carbocycles. The zero-order chi connectivity index (χ0) is 17.2. The smallest absolute Gasteiger partial charge is 0.286 e. The van der Waals surface area contributed by atoms with Crippen molar-refractivity contribution in [2.75, 3.05) is 5.75 Å². The minimum Gasteiger partial charge on any atom is -0.665 e. The maximum Gasteiger partial charge on any atom is 0.286 e. The van der Waals surface area contributed by atoms with Gasteiger partial charge in [0.2, 0.25) is 11.0 Å². The van der Waals surface area contributed by atoms with Gasteiger partial charge >= 0.3 is 0 Å². The molecule has 1 amide bonds. The monoisotopic (exact) mass is 560 g/mol. The van der Waals surface area contributed by atoms with Crippen LogP contribution in [-0.2, 0) is 14.4 Å². The number of aliphatic hydroxyl groups is 2. The molecule has 129 valence electrons. The molecule has 1 aliphatic rings. The van der Waals surface area contributed by atoms with Crippen molar-refractivity contribution in [1.29, 1.82) is 0 Å². The summed E-state index contributed by atoms with van der Waals surface area (Å²) in [6.45, 7) is 4.71. The van der Waals surface area contributed by atoms with Crippen molar-refractivity contribution in [3.8, 4) is 0 Å². The van der Waals surface area contributed by atoms with Crippen molar-refractivity contribution in [1.82, 2.24) is 5.32 Å². The summed E-state index contributed by atoms with van der Waals surface area (Å²) < 4.78 is 0. The van der Waals surface area contributed by atoms with Crippen molar-refractivity contribution in [2.24, 2.45) is 11.8 Å². The Morgan fingerprint density at radius 1 is 1.43 bits per heavy atom. The third-order valence-corrected chi connectivity index (χ3v) is 4.90. The van der Waals surface area contributed by atoms with Crippen molar-refractivity contribution < 1.29 is 73.8 Å². The van der Waals surface area contributed by atoms with Crippen LogP contribution in [0.4, 0.5) is 0 Å². The Labute approximate surface area is 174 Å². The van der Waals surface area contributed by atoms with E-state index in [1.54, 1.807) is 13.8 Å². The molecule has 0 spiro atoms. The average Bonchev–Trinajstić information content (AvgIpc) is 2.68. The topological polar surface area (TPSA) is 148 Å². The number of aliphatic carboxylic acids is 1. The van der Waals surface area contributed by atoms with Gasteiger partial charge in [-0.25, -0.2) is 0 Å². The Hall–Kier alpha value is 0.282. The molecule has 5 atom stereocenters. The van der Waals surface area contributed by atoms with E-state index < -0.39 is 52.6 Å². The van der Waals surface area contributed by atoms with Gasteiger partial charge in [-0.2, -0.15) is 0 Å². The fraction of sp³-hybridized carbons (Fsp3) is 0.769. The minimum absolute atomic E-state index is 0.